The molecule has 0 bridgehead atoms. The highest BCUT2D eigenvalue weighted by atomic mass is 16.2. The molecule has 8 nitrogen and oxygen atoms in total. The van der Waals surface area contributed by atoms with Gasteiger partial charge in [-0.15, -0.1) is 5.10 Å². The number of pyridine rings is 1. The lowest BCUT2D eigenvalue weighted by Crippen LogP contribution is -2.26. The summed E-state index contributed by atoms with van der Waals surface area (Å²) >= 11 is 0. The normalized spacial score (nSPS) is 10.9. The van der Waals surface area contributed by atoms with Crippen molar-refractivity contribution < 1.29 is 4.79 Å². The molecule has 3 aromatic heterocycles. The molecule has 0 fully saturated rings. The Kier molecular flexibility index (Phi) is 3.70. The van der Waals surface area contributed by atoms with Crippen molar-refractivity contribution in [3.63, 3.8) is 0 Å². The van der Waals surface area contributed by atoms with E-state index in [2.05, 4.69) is 25.8 Å². The molecule has 4 aromatic rings. The van der Waals surface area contributed by atoms with Gasteiger partial charge in [0.15, 0.2) is 5.82 Å². The van der Waals surface area contributed by atoms with Crippen LogP contribution in [0.1, 0.15) is 22.0 Å². The number of tetrazole rings is 1. The molecule has 0 saturated heterocycles. The Balaban J connectivity index is 1.57. The van der Waals surface area contributed by atoms with Gasteiger partial charge in [0, 0.05) is 6.20 Å². The molecule has 1 N–H and O–H groups in total. The van der Waals surface area contributed by atoms with Crippen LogP contribution in [0.3, 0.4) is 0 Å². The minimum atomic E-state index is -0.223. The zero-order valence-electron chi connectivity index (χ0n) is 13.5. The summed E-state index contributed by atoms with van der Waals surface area (Å²) in [5, 5.41) is 14.5. The molecule has 0 aliphatic carbocycles. The maximum atomic E-state index is 12.6. The first-order valence-electron chi connectivity index (χ1n) is 7.78. The van der Waals surface area contributed by atoms with E-state index in [0.29, 0.717) is 17.2 Å². The van der Waals surface area contributed by atoms with Gasteiger partial charge in [-0.2, -0.15) is 4.68 Å². The van der Waals surface area contributed by atoms with Gasteiger partial charge in [0.2, 0.25) is 0 Å². The molecule has 25 heavy (non-hydrogen) atoms. The average Bonchev–Trinajstić information content (AvgIpc) is 3.23. The van der Waals surface area contributed by atoms with E-state index >= 15 is 0 Å². The molecule has 0 aliphatic rings. The summed E-state index contributed by atoms with van der Waals surface area (Å²) in [7, 11) is 0. The van der Waals surface area contributed by atoms with Crippen LogP contribution in [0, 0.1) is 6.92 Å². The summed E-state index contributed by atoms with van der Waals surface area (Å²) < 4.78 is 3.37. The lowest BCUT2D eigenvalue weighted by Gasteiger charge is -2.07. The summed E-state index contributed by atoms with van der Waals surface area (Å²) in [5.74, 6) is 0.324. The molecule has 3 heterocycles. The molecule has 0 saturated carbocycles. The lowest BCUT2D eigenvalue weighted by atomic mass is 10.3. The van der Waals surface area contributed by atoms with Crippen LogP contribution in [0.5, 0.6) is 0 Å². The van der Waals surface area contributed by atoms with Crippen LogP contribution in [-0.2, 0) is 6.54 Å². The number of nitrogens with zero attached hydrogens (tertiary/aromatic N) is 6. The van der Waals surface area contributed by atoms with Crippen LogP contribution in [0.25, 0.3) is 11.3 Å². The van der Waals surface area contributed by atoms with Crippen molar-refractivity contribution in [1.82, 2.24) is 34.9 Å². The molecular formula is C17H15N7O. The standard InChI is InChI=1S/C17H15N7O/c1-12-16(23-10-6-5-9-14(23)19-12)17(25)18-11-15-20-21-22-24(15)13-7-3-2-4-8-13/h2-10H,11H2,1H3,(H,18,25). The monoisotopic (exact) mass is 333 g/mol. The van der Waals surface area contributed by atoms with Crippen LogP contribution in [0.15, 0.2) is 54.7 Å². The minimum absolute atomic E-state index is 0.209. The second kappa shape index (κ2) is 6.16. The van der Waals surface area contributed by atoms with Gasteiger partial charge >= 0.3 is 0 Å². The molecule has 8 heteroatoms. The lowest BCUT2D eigenvalue weighted by molar-refractivity contribution is 0.0943. The molecule has 1 amide bonds. The number of imidazole rings is 1. The quantitative estimate of drug-likeness (QED) is 0.612. The molecule has 0 aliphatic heterocycles. The summed E-state index contributed by atoms with van der Waals surface area (Å²) in [6.45, 7) is 2.02. The van der Waals surface area contributed by atoms with E-state index in [1.807, 2.05) is 61.7 Å². The first-order chi connectivity index (χ1) is 12.2. The minimum Gasteiger partial charge on any atom is -0.343 e. The number of nitrogens with one attached hydrogen (secondary N) is 1. The van der Waals surface area contributed by atoms with E-state index in [4.69, 9.17) is 0 Å². The zero-order chi connectivity index (χ0) is 17.2. The fourth-order valence-corrected chi connectivity index (χ4v) is 2.72. The van der Waals surface area contributed by atoms with Gasteiger partial charge in [-0.05, 0) is 41.6 Å². The number of para-hydroxylation sites is 1. The molecule has 0 unspecified atom stereocenters. The first-order valence-corrected chi connectivity index (χ1v) is 7.78. The Morgan fingerprint density at radius 1 is 1.12 bits per heavy atom. The second-order valence-electron chi connectivity index (χ2n) is 5.50. The molecule has 0 atom stereocenters. The Morgan fingerprint density at radius 3 is 2.76 bits per heavy atom. The number of hydrogen-bond donors (Lipinski definition) is 1. The van der Waals surface area contributed by atoms with Gasteiger partial charge in [-0.1, -0.05) is 24.3 Å². The highest BCUT2D eigenvalue weighted by Gasteiger charge is 2.17. The molecule has 0 radical (unpaired) electrons. The smallest absolute Gasteiger partial charge is 0.270 e. The van der Waals surface area contributed by atoms with E-state index < -0.39 is 0 Å². The van der Waals surface area contributed by atoms with Gasteiger partial charge in [-0.25, -0.2) is 4.98 Å². The Morgan fingerprint density at radius 2 is 1.92 bits per heavy atom. The SMILES string of the molecule is Cc1nc2ccccn2c1C(=O)NCc1nnnn1-c1ccccc1. The third-order valence-corrected chi connectivity index (χ3v) is 3.86. The molecular weight excluding hydrogens is 318 g/mol. The fraction of sp³-hybridized carbons (Fsp3) is 0.118. The van der Waals surface area contributed by atoms with Crippen LogP contribution in [0.4, 0.5) is 0 Å². The Bertz CT molecular complexity index is 1040. The van der Waals surface area contributed by atoms with E-state index in [9.17, 15) is 4.79 Å². The number of rotatable bonds is 4. The van der Waals surface area contributed by atoms with Crippen molar-refractivity contribution in [2.45, 2.75) is 13.5 Å². The van der Waals surface area contributed by atoms with E-state index in [1.165, 1.54) is 0 Å². The summed E-state index contributed by atoms with van der Waals surface area (Å²) in [4.78, 5) is 17.0. The largest absolute Gasteiger partial charge is 0.343 e. The maximum absolute atomic E-state index is 12.6. The average molecular weight is 333 g/mol. The third kappa shape index (κ3) is 2.74. The van der Waals surface area contributed by atoms with Crippen molar-refractivity contribution in [1.29, 1.82) is 0 Å². The number of amides is 1. The van der Waals surface area contributed by atoms with Crippen LogP contribution >= 0.6 is 0 Å². The van der Waals surface area contributed by atoms with Gasteiger partial charge in [0.1, 0.15) is 11.3 Å². The Hall–Kier alpha value is -3.55. The number of hydrogen-bond acceptors (Lipinski definition) is 5. The van der Waals surface area contributed by atoms with E-state index in [0.717, 1.165) is 11.3 Å². The topological polar surface area (TPSA) is 90.0 Å². The van der Waals surface area contributed by atoms with Crippen molar-refractivity contribution >= 4 is 11.6 Å². The van der Waals surface area contributed by atoms with Gasteiger partial charge in [-0.3, -0.25) is 9.20 Å². The number of aryl methyl sites for hydroxylation is 1. The predicted molar refractivity (Wildman–Crippen MR) is 90.3 cm³/mol. The molecule has 4 rings (SSSR count). The Labute approximate surface area is 143 Å². The summed E-state index contributed by atoms with van der Waals surface area (Å²) in [6.07, 6.45) is 1.82. The number of aromatic nitrogens is 6. The molecule has 124 valence electrons. The number of carbonyl (C=O) groups excluding carboxylic acids is 1. The molecule has 1 aromatic carbocycles. The maximum Gasteiger partial charge on any atom is 0.270 e. The molecule has 0 spiro atoms. The third-order valence-electron chi connectivity index (χ3n) is 3.86. The van der Waals surface area contributed by atoms with Crippen molar-refractivity contribution in [3.8, 4) is 5.69 Å². The number of fused-ring (bicyclic) bond motifs is 1. The fourth-order valence-electron chi connectivity index (χ4n) is 2.72. The van der Waals surface area contributed by atoms with Crippen LogP contribution < -0.4 is 5.32 Å². The zero-order valence-corrected chi connectivity index (χ0v) is 13.5. The number of carbonyl (C=O) groups is 1. The van der Waals surface area contributed by atoms with E-state index in [-0.39, 0.29) is 12.5 Å². The summed E-state index contributed by atoms with van der Waals surface area (Å²) in [6, 6.07) is 15.1. The van der Waals surface area contributed by atoms with Crippen LogP contribution in [-0.4, -0.2) is 35.5 Å². The predicted octanol–water partition coefficient (Wildman–Crippen LogP) is 1.55. The van der Waals surface area contributed by atoms with Gasteiger partial charge in [0.05, 0.1) is 17.9 Å². The van der Waals surface area contributed by atoms with Crippen LogP contribution in [0.2, 0.25) is 0 Å². The highest BCUT2D eigenvalue weighted by Crippen LogP contribution is 2.12. The van der Waals surface area contributed by atoms with Crippen molar-refractivity contribution in [2.75, 3.05) is 0 Å². The number of benzene rings is 1. The first kappa shape index (κ1) is 15.0. The van der Waals surface area contributed by atoms with Crippen molar-refractivity contribution in [2.24, 2.45) is 0 Å². The van der Waals surface area contributed by atoms with Gasteiger partial charge < -0.3 is 5.32 Å². The van der Waals surface area contributed by atoms with E-state index in [1.54, 1.807) is 9.08 Å². The summed E-state index contributed by atoms with van der Waals surface area (Å²) in [5.41, 5.74) is 2.75. The second-order valence-corrected chi connectivity index (χ2v) is 5.50. The van der Waals surface area contributed by atoms with Crippen molar-refractivity contribution in [3.05, 3.63) is 71.9 Å². The highest BCUT2D eigenvalue weighted by molar-refractivity contribution is 5.94. The van der Waals surface area contributed by atoms with Gasteiger partial charge in [0.25, 0.3) is 5.91 Å².